The third kappa shape index (κ3) is 3.51. The molecule has 1 atom stereocenters. The third-order valence-electron chi connectivity index (χ3n) is 2.60. The lowest BCUT2D eigenvalue weighted by atomic mass is 10.2. The summed E-state index contributed by atoms with van der Waals surface area (Å²) in [5.74, 6) is -0.415. The van der Waals surface area contributed by atoms with Gasteiger partial charge in [-0.05, 0) is 17.7 Å². The van der Waals surface area contributed by atoms with E-state index in [-0.39, 0.29) is 11.7 Å². The molecule has 1 fully saturated rings. The monoisotopic (exact) mass is 238 g/mol. The van der Waals surface area contributed by atoms with Gasteiger partial charge in [0.05, 0.1) is 6.61 Å². The number of carbonyl (C=O) groups is 1. The van der Waals surface area contributed by atoms with E-state index in [1.165, 1.54) is 12.1 Å². The van der Waals surface area contributed by atoms with Crippen molar-refractivity contribution in [1.29, 1.82) is 0 Å². The summed E-state index contributed by atoms with van der Waals surface area (Å²) in [6.45, 7) is 2.25. The number of rotatable bonds is 3. The van der Waals surface area contributed by atoms with Crippen molar-refractivity contribution in [1.82, 2.24) is 10.6 Å². The first-order chi connectivity index (χ1) is 8.25. The van der Waals surface area contributed by atoms with Crippen LogP contribution in [0.3, 0.4) is 0 Å². The number of morpholine rings is 1. The molecule has 0 aliphatic carbocycles. The molecule has 1 unspecified atom stereocenters. The molecular formula is C12H15FN2O2. The predicted molar refractivity (Wildman–Crippen MR) is 60.9 cm³/mol. The molecule has 92 valence electrons. The Bertz CT molecular complexity index is 375. The minimum absolute atomic E-state index is 0.137. The third-order valence-corrected chi connectivity index (χ3v) is 2.60. The topological polar surface area (TPSA) is 50.4 Å². The van der Waals surface area contributed by atoms with Crippen LogP contribution in [0.1, 0.15) is 5.56 Å². The second-order valence-corrected chi connectivity index (χ2v) is 3.91. The highest BCUT2D eigenvalue weighted by molar-refractivity contribution is 5.81. The van der Waals surface area contributed by atoms with Crippen molar-refractivity contribution in [3.63, 3.8) is 0 Å². The fourth-order valence-corrected chi connectivity index (χ4v) is 1.64. The van der Waals surface area contributed by atoms with Gasteiger partial charge in [0.1, 0.15) is 11.9 Å². The first-order valence-corrected chi connectivity index (χ1v) is 5.60. The van der Waals surface area contributed by atoms with E-state index in [0.717, 1.165) is 12.1 Å². The molecule has 5 heteroatoms. The van der Waals surface area contributed by atoms with Crippen molar-refractivity contribution in [2.45, 2.75) is 12.6 Å². The van der Waals surface area contributed by atoms with Gasteiger partial charge in [-0.2, -0.15) is 0 Å². The van der Waals surface area contributed by atoms with Crippen LogP contribution < -0.4 is 10.6 Å². The number of hydrogen-bond acceptors (Lipinski definition) is 3. The normalized spacial score (nSPS) is 19.9. The summed E-state index contributed by atoms with van der Waals surface area (Å²) in [6, 6.07) is 6.05. The Labute approximate surface area is 99.2 Å². The van der Waals surface area contributed by atoms with Crippen LogP contribution >= 0.6 is 0 Å². The van der Waals surface area contributed by atoms with Gasteiger partial charge in [0.15, 0.2) is 0 Å². The van der Waals surface area contributed by atoms with E-state index < -0.39 is 6.10 Å². The maximum Gasteiger partial charge on any atom is 0.250 e. The lowest BCUT2D eigenvalue weighted by molar-refractivity contribution is -0.134. The van der Waals surface area contributed by atoms with Crippen molar-refractivity contribution >= 4 is 5.91 Å². The molecule has 1 aromatic rings. The highest BCUT2D eigenvalue weighted by atomic mass is 19.1. The lowest BCUT2D eigenvalue weighted by Crippen LogP contribution is -2.47. The van der Waals surface area contributed by atoms with Crippen LogP contribution in [0.5, 0.6) is 0 Å². The largest absolute Gasteiger partial charge is 0.366 e. The average Bonchev–Trinajstić information content (AvgIpc) is 2.39. The zero-order valence-corrected chi connectivity index (χ0v) is 9.41. The van der Waals surface area contributed by atoms with Gasteiger partial charge in [-0.25, -0.2) is 4.39 Å². The summed E-state index contributed by atoms with van der Waals surface area (Å²) in [5, 5.41) is 5.85. The SMILES string of the molecule is O=C(NCc1ccc(F)cc1)C1CNCCO1. The van der Waals surface area contributed by atoms with Crippen LogP contribution in [0.2, 0.25) is 0 Å². The van der Waals surface area contributed by atoms with E-state index in [9.17, 15) is 9.18 Å². The molecule has 1 aliphatic rings. The number of carbonyl (C=O) groups excluding carboxylic acids is 1. The first-order valence-electron chi connectivity index (χ1n) is 5.60. The van der Waals surface area contributed by atoms with E-state index in [0.29, 0.717) is 19.7 Å². The van der Waals surface area contributed by atoms with Gasteiger partial charge in [-0.1, -0.05) is 12.1 Å². The fourth-order valence-electron chi connectivity index (χ4n) is 1.64. The maximum absolute atomic E-state index is 12.7. The summed E-state index contributed by atoms with van der Waals surface area (Å²) in [4.78, 5) is 11.7. The molecule has 0 aromatic heterocycles. The smallest absolute Gasteiger partial charge is 0.250 e. The van der Waals surface area contributed by atoms with Crippen molar-refractivity contribution in [2.24, 2.45) is 0 Å². The maximum atomic E-state index is 12.7. The van der Waals surface area contributed by atoms with Crippen LogP contribution in [0.25, 0.3) is 0 Å². The van der Waals surface area contributed by atoms with E-state index >= 15 is 0 Å². The second-order valence-electron chi connectivity index (χ2n) is 3.91. The summed E-state index contributed by atoms with van der Waals surface area (Å²) >= 11 is 0. The standard InChI is InChI=1S/C12H15FN2O2/c13-10-3-1-9(2-4-10)7-15-12(16)11-8-14-5-6-17-11/h1-4,11,14H,5-8H2,(H,15,16). The Hall–Kier alpha value is -1.46. The number of amides is 1. The molecular weight excluding hydrogens is 223 g/mol. The van der Waals surface area contributed by atoms with Gasteiger partial charge < -0.3 is 15.4 Å². The Kier molecular flexibility index (Phi) is 4.06. The molecule has 1 aromatic carbocycles. The molecule has 0 spiro atoms. The van der Waals surface area contributed by atoms with Gasteiger partial charge in [0.25, 0.3) is 5.91 Å². The quantitative estimate of drug-likeness (QED) is 0.803. The van der Waals surface area contributed by atoms with E-state index in [1.54, 1.807) is 12.1 Å². The molecule has 0 bridgehead atoms. The molecule has 1 heterocycles. The summed E-state index contributed by atoms with van der Waals surface area (Å²) < 4.78 is 18.0. The fraction of sp³-hybridized carbons (Fsp3) is 0.417. The molecule has 4 nitrogen and oxygen atoms in total. The molecule has 1 amide bonds. The van der Waals surface area contributed by atoms with Gasteiger partial charge >= 0.3 is 0 Å². The molecule has 0 saturated carbocycles. The van der Waals surface area contributed by atoms with Crippen LogP contribution in [0.4, 0.5) is 4.39 Å². The highest BCUT2D eigenvalue weighted by Crippen LogP contribution is 2.03. The number of benzene rings is 1. The van der Waals surface area contributed by atoms with E-state index in [1.807, 2.05) is 0 Å². The van der Waals surface area contributed by atoms with Crippen molar-refractivity contribution < 1.29 is 13.9 Å². The van der Waals surface area contributed by atoms with E-state index in [4.69, 9.17) is 4.74 Å². The minimum atomic E-state index is -0.427. The summed E-state index contributed by atoms with van der Waals surface area (Å²) in [5.41, 5.74) is 0.864. The Morgan fingerprint density at radius 1 is 1.47 bits per heavy atom. The first kappa shape index (κ1) is 12.0. The lowest BCUT2D eigenvalue weighted by Gasteiger charge is -2.22. The molecule has 1 aliphatic heterocycles. The number of nitrogens with one attached hydrogen (secondary N) is 2. The van der Waals surface area contributed by atoms with Gasteiger partial charge in [-0.3, -0.25) is 4.79 Å². The second kappa shape index (κ2) is 5.75. The molecule has 2 rings (SSSR count). The predicted octanol–water partition coefficient (Wildman–Crippen LogP) is 0.430. The Morgan fingerprint density at radius 3 is 2.88 bits per heavy atom. The van der Waals surface area contributed by atoms with Crippen molar-refractivity contribution in [2.75, 3.05) is 19.7 Å². The van der Waals surface area contributed by atoms with Crippen LogP contribution in [-0.2, 0) is 16.1 Å². The summed E-state index contributed by atoms with van der Waals surface area (Å²) in [7, 11) is 0. The summed E-state index contributed by atoms with van der Waals surface area (Å²) in [6.07, 6.45) is -0.427. The molecule has 17 heavy (non-hydrogen) atoms. The Morgan fingerprint density at radius 2 is 2.24 bits per heavy atom. The van der Waals surface area contributed by atoms with Crippen molar-refractivity contribution in [3.8, 4) is 0 Å². The number of hydrogen-bond donors (Lipinski definition) is 2. The zero-order chi connectivity index (χ0) is 12.1. The van der Waals surface area contributed by atoms with Gasteiger partial charge in [-0.15, -0.1) is 0 Å². The van der Waals surface area contributed by atoms with Crippen LogP contribution in [0.15, 0.2) is 24.3 Å². The highest BCUT2D eigenvalue weighted by Gasteiger charge is 2.20. The van der Waals surface area contributed by atoms with Crippen LogP contribution in [0, 0.1) is 5.82 Å². The molecule has 2 N–H and O–H groups in total. The number of ether oxygens (including phenoxy) is 1. The van der Waals surface area contributed by atoms with Crippen molar-refractivity contribution in [3.05, 3.63) is 35.6 Å². The molecule has 0 radical (unpaired) electrons. The minimum Gasteiger partial charge on any atom is -0.366 e. The molecule has 1 saturated heterocycles. The number of halogens is 1. The Balaban J connectivity index is 1.81. The zero-order valence-electron chi connectivity index (χ0n) is 9.41. The average molecular weight is 238 g/mol. The van der Waals surface area contributed by atoms with Crippen LogP contribution in [-0.4, -0.2) is 31.7 Å². The van der Waals surface area contributed by atoms with E-state index in [2.05, 4.69) is 10.6 Å². The van der Waals surface area contributed by atoms with Gasteiger partial charge in [0, 0.05) is 19.6 Å². The van der Waals surface area contributed by atoms with Gasteiger partial charge in [0.2, 0.25) is 0 Å².